The lowest BCUT2D eigenvalue weighted by Gasteiger charge is -2.08. The fourth-order valence-electron chi connectivity index (χ4n) is 1.48. The third-order valence-electron chi connectivity index (χ3n) is 2.42. The summed E-state index contributed by atoms with van der Waals surface area (Å²) in [6, 6.07) is 3.40. The van der Waals surface area contributed by atoms with Crippen LogP contribution in [0.25, 0.3) is 0 Å². The van der Waals surface area contributed by atoms with E-state index in [0.29, 0.717) is 4.88 Å². The van der Waals surface area contributed by atoms with Crippen molar-refractivity contribution in [3.63, 3.8) is 0 Å². The van der Waals surface area contributed by atoms with E-state index in [1.54, 1.807) is 17.5 Å². The van der Waals surface area contributed by atoms with Crippen LogP contribution < -0.4 is 0 Å². The maximum Gasteiger partial charge on any atom is 0.416 e. The van der Waals surface area contributed by atoms with Crippen LogP contribution in [0.5, 0.6) is 0 Å². The molecule has 1 nitrogen and oxygen atoms in total. The van der Waals surface area contributed by atoms with E-state index in [-0.39, 0.29) is 12.1 Å². The second kappa shape index (κ2) is 5.66. The summed E-state index contributed by atoms with van der Waals surface area (Å²) >= 11 is 1.21. The minimum absolute atomic E-state index is 0.0726. The minimum atomic E-state index is -4.90. The van der Waals surface area contributed by atoms with Gasteiger partial charge in [-0.1, -0.05) is 6.07 Å². The predicted octanol–water partition coefficient (Wildman–Crippen LogP) is 4.28. The fraction of sp³-hybridized carbons (Fsp3) is 0.0714. The number of rotatable bonds is 1. The van der Waals surface area contributed by atoms with Crippen molar-refractivity contribution in [2.75, 3.05) is 0 Å². The molecule has 0 spiro atoms. The molecular formula is C14H5F5OS. The van der Waals surface area contributed by atoms with E-state index in [1.807, 2.05) is 5.92 Å². The molecule has 0 aliphatic carbocycles. The number of benzene rings is 1. The average Bonchev–Trinajstić information content (AvgIpc) is 2.87. The number of thiophene rings is 1. The largest absolute Gasteiger partial charge is 0.416 e. The van der Waals surface area contributed by atoms with Crippen molar-refractivity contribution in [2.24, 2.45) is 0 Å². The highest BCUT2D eigenvalue weighted by Gasteiger charge is 2.33. The van der Waals surface area contributed by atoms with Gasteiger partial charge in [-0.3, -0.25) is 4.79 Å². The normalized spacial score (nSPS) is 10.9. The van der Waals surface area contributed by atoms with Crippen LogP contribution in [0.15, 0.2) is 29.6 Å². The molecule has 0 saturated carbocycles. The summed E-state index contributed by atoms with van der Waals surface area (Å²) in [5.41, 5.74) is -2.59. The van der Waals surface area contributed by atoms with Gasteiger partial charge in [0.05, 0.1) is 10.4 Å². The zero-order valence-electron chi connectivity index (χ0n) is 10.1. The van der Waals surface area contributed by atoms with Gasteiger partial charge in [-0.15, -0.1) is 11.3 Å². The first kappa shape index (κ1) is 15.2. The molecule has 0 fully saturated rings. The highest BCUT2D eigenvalue weighted by Crippen LogP contribution is 2.31. The third kappa shape index (κ3) is 3.47. The van der Waals surface area contributed by atoms with Crippen molar-refractivity contribution in [3.05, 3.63) is 57.3 Å². The topological polar surface area (TPSA) is 17.1 Å². The smallest absolute Gasteiger partial charge is 0.279 e. The molecule has 1 aromatic heterocycles. The molecule has 7 heteroatoms. The average molecular weight is 316 g/mol. The van der Waals surface area contributed by atoms with E-state index in [2.05, 4.69) is 5.92 Å². The zero-order chi connectivity index (χ0) is 15.6. The molecule has 0 aliphatic heterocycles. The molecule has 1 heterocycles. The molecule has 1 aromatic carbocycles. The Kier molecular flexibility index (Phi) is 4.09. The first-order valence-corrected chi connectivity index (χ1v) is 6.33. The zero-order valence-corrected chi connectivity index (χ0v) is 10.9. The number of Topliss-reactive ketones (excluding diaryl/α,β-unsaturated/α-hetero) is 1. The van der Waals surface area contributed by atoms with Crippen molar-refractivity contribution in [1.29, 1.82) is 0 Å². The lowest BCUT2D eigenvalue weighted by molar-refractivity contribution is -0.138. The van der Waals surface area contributed by atoms with Gasteiger partial charge in [0.15, 0.2) is 0 Å². The number of alkyl halides is 3. The summed E-state index contributed by atoms with van der Waals surface area (Å²) in [6.07, 6.45) is -4.90. The van der Waals surface area contributed by atoms with Crippen LogP contribution in [0, 0.1) is 23.5 Å². The molecular weight excluding hydrogens is 311 g/mol. The Morgan fingerprint density at radius 1 is 1.14 bits per heavy atom. The number of hydrogen-bond donors (Lipinski definition) is 0. The van der Waals surface area contributed by atoms with Gasteiger partial charge in [0.1, 0.15) is 17.2 Å². The molecule has 2 aromatic rings. The van der Waals surface area contributed by atoms with Gasteiger partial charge in [0.2, 0.25) is 5.78 Å². The quantitative estimate of drug-likeness (QED) is 0.436. The highest BCUT2D eigenvalue weighted by atomic mass is 32.1. The summed E-state index contributed by atoms with van der Waals surface area (Å²) in [5.74, 6) is -0.00856. The van der Waals surface area contributed by atoms with E-state index < -0.39 is 34.7 Å². The van der Waals surface area contributed by atoms with Crippen LogP contribution in [-0.2, 0) is 6.18 Å². The SMILES string of the molecule is O=C(C#Cc1cccs1)c1c(F)cc(C(F)(F)F)cc1F. The molecule has 0 unspecified atom stereocenters. The number of ketones is 1. The summed E-state index contributed by atoms with van der Waals surface area (Å²) < 4.78 is 64.2. The Hall–Kier alpha value is -2.20. The van der Waals surface area contributed by atoms with E-state index >= 15 is 0 Å². The van der Waals surface area contributed by atoms with Crippen LogP contribution in [0.1, 0.15) is 20.8 Å². The summed E-state index contributed by atoms with van der Waals surface area (Å²) in [6.45, 7) is 0. The number of carbonyl (C=O) groups is 1. The van der Waals surface area contributed by atoms with E-state index in [0.717, 1.165) is 0 Å². The Labute approximate surface area is 120 Å². The second-order valence-electron chi connectivity index (χ2n) is 3.87. The number of carbonyl (C=O) groups excluding carboxylic acids is 1. The standard InChI is InChI=1S/C14H5F5OS/c15-10-6-8(14(17,18)19)7-11(16)13(10)12(20)4-3-9-2-1-5-21-9/h1-2,5-7H. The summed E-state index contributed by atoms with van der Waals surface area (Å²) in [7, 11) is 0. The minimum Gasteiger partial charge on any atom is -0.279 e. The van der Waals surface area contributed by atoms with Crippen LogP contribution in [0.4, 0.5) is 22.0 Å². The number of halogens is 5. The Bertz CT molecular complexity index is 712. The second-order valence-corrected chi connectivity index (χ2v) is 4.82. The number of hydrogen-bond acceptors (Lipinski definition) is 2. The first-order chi connectivity index (χ1) is 9.79. The van der Waals surface area contributed by atoms with E-state index in [1.165, 1.54) is 11.3 Å². The van der Waals surface area contributed by atoms with Crippen LogP contribution in [-0.4, -0.2) is 5.78 Å². The van der Waals surface area contributed by atoms with Gasteiger partial charge < -0.3 is 0 Å². The lowest BCUT2D eigenvalue weighted by atomic mass is 10.1. The highest BCUT2D eigenvalue weighted by molar-refractivity contribution is 7.10. The molecule has 0 saturated heterocycles. The summed E-state index contributed by atoms with van der Waals surface area (Å²) in [5, 5.41) is 1.69. The van der Waals surface area contributed by atoms with Gasteiger partial charge in [0, 0.05) is 0 Å². The molecule has 2 rings (SSSR count). The maximum atomic E-state index is 13.5. The Balaban J connectivity index is 2.39. The monoisotopic (exact) mass is 316 g/mol. The third-order valence-corrected chi connectivity index (χ3v) is 3.20. The van der Waals surface area contributed by atoms with E-state index in [4.69, 9.17) is 0 Å². The van der Waals surface area contributed by atoms with Gasteiger partial charge in [0.25, 0.3) is 0 Å². The van der Waals surface area contributed by atoms with Crippen molar-refractivity contribution < 1.29 is 26.7 Å². The molecule has 0 aliphatic rings. The molecule has 108 valence electrons. The van der Waals surface area contributed by atoms with Crippen LogP contribution in [0.3, 0.4) is 0 Å². The van der Waals surface area contributed by atoms with Crippen LogP contribution in [0.2, 0.25) is 0 Å². The molecule has 0 radical (unpaired) electrons. The van der Waals surface area contributed by atoms with E-state index in [9.17, 15) is 26.7 Å². The fourth-order valence-corrected chi connectivity index (χ4v) is 2.06. The van der Waals surface area contributed by atoms with Crippen LogP contribution >= 0.6 is 11.3 Å². The van der Waals surface area contributed by atoms with Crippen molar-refractivity contribution in [1.82, 2.24) is 0 Å². The summed E-state index contributed by atoms with van der Waals surface area (Å²) in [4.78, 5) is 12.1. The Morgan fingerprint density at radius 3 is 2.24 bits per heavy atom. The van der Waals surface area contributed by atoms with Gasteiger partial charge in [-0.2, -0.15) is 13.2 Å². The van der Waals surface area contributed by atoms with Crippen molar-refractivity contribution >= 4 is 17.1 Å². The lowest BCUT2D eigenvalue weighted by Crippen LogP contribution is -2.10. The van der Waals surface area contributed by atoms with Gasteiger partial charge >= 0.3 is 6.18 Å². The first-order valence-electron chi connectivity index (χ1n) is 5.45. The predicted molar refractivity (Wildman–Crippen MR) is 66.9 cm³/mol. The molecule has 0 bridgehead atoms. The molecule has 0 amide bonds. The van der Waals surface area contributed by atoms with Crippen molar-refractivity contribution in [3.8, 4) is 11.8 Å². The molecule has 21 heavy (non-hydrogen) atoms. The van der Waals surface area contributed by atoms with Gasteiger partial charge in [-0.25, -0.2) is 8.78 Å². The maximum absolute atomic E-state index is 13.5. The molecule has 0 atom stereocenters. The van der Waals surface area contributed by atoms with Crippen molar-refractivity contribution in [2.45, 2.75) is 6.18 Å². The Morgan fingerprint density at radius 2 is 1.76 bits per heavy atom. The van der Waals surface area contributed by atoms with Gasteiger partial charge in [-0.05, 0) is 35.4 Å². The molecule has 0 N–H and O–H groups in total.